The van der Waals surface area contributed by atoms with Crippen LogP contribution in [0.2, 0.25) is 4.34 Å². The largest absolute Gasteiger partial charge is 0.303 e. The van der Waals surface area contributed by atoms with E-state index in [1.54, 1.807) is 16.4 Å². The lowest BCUT2D eigenvalue weighted by Gasteiger charge is -2.33. The Balaban J connectivity index is 1.43. The molecule has 9 heteroatoms. The molecule has 25 heavy (non-hydrogen) atoms. The average molecular weight is 397 g/mol. The zero-order valence-electron chi connectivity index (χ0n) is 13.4. The van der Waals surface area contributed by atoms with Gasteiger partial charge in [0.25, 0.3) is 10.0 Å². The van der Waals surface area contributed by atoms with Gasteiger partial charge in [-0.15, -0.1) is 11.3 Å². The molecule has 1 fully saturated rings. The zero-order valence-corrected chi connectivity index (χ0v) is 15.8. The third kappa shape index (κ3) is 3.32. The smallest absolute Gasteiger partial charge is 0.252 e. The van der Waals surface area contributed by atoms with E-state index in [9.17, 15) is 8.42 Å². The Hall–Kier alpha value is -1.45. The van der Waals surface area contributed by atoms with Gasteiger partial charge in [0.1, 0.15) is 9.86 Å². The number of nitrogens with zero attached hydrogens (tertiary/aromatic N) is 4. The molecule has 0 unspecified atom stereocenters. The van der Waals surface area contributed by atoms with Gasteiger partial charge in [-0.25, -0.2) is 13.4 Å². The van der Waals surface area contributed by atoms with Crippen molar-refractivity contribution >= 4 is 38.6 Å². The van der Waals surface area contributed by atoms with E-state index in [2.05, 4.69) is 14.3 Å². The van der Waals surface area contributed by atoms with Crippen molar-refractivity contribution in [3.8, 4) is 0 Å². The molecule has 0 aromatic carbocycles. The van der Waals surface area contributed by atoms with Crippen molar-refractivity contribution < 1.29 is 8.42 Å². The molecule has 0 radical (unpaired) electrons. The van der Waals surface area contributed by atoms with Gasteiger partial charge in [-0.3, -0.25) is 4.90 Å². The molecule has 0 amide bonds. The van der Waals surface area contributed by atoms with Crippen LogP contribution in [0.5, 0.6) is 0 Å². The molecule has 0 bridgehead atoms. The second kappa shape index (κ2) is 6.69. The van der Waals surface area contributed by atoms with Gasteiger partial charge in [0.2, 0.25) is 0 Å². The van der Waals surface area contributed by atoms with Crippen molar-refractivity contribution in [1.82, 2.24) is 18.6 Å². The molecule has 0 N–H and O–H groups in total. The summed E-state index contributed by atoms with van der Waals surface area (Å²) >= 11 is 6.98. The highest BCUT2D eigenvalue weighted by Gasteiger charge is 2.29. The van der Waals surface area contributed by atoms with E-state index in [0.717, 1.165) is 29.2 Å². The number of hydrogen-bond donors (Lipinski definition) is 0. The first-order valence-electron chi connectivity index (χ1n) is 7.93. The van der Waals surface area contributed by atoms with Crippen LogP contribution in [-0.2, 0) is 16.6 Å². The maximum atomic E-state index is 12.6. The van der Waals surface area contributed by atoms with Crippen LogP contribution >= 0.6 is 22.9 Å². The number of fused-ring (bicyclic) bond motifs is 1. The highest BCUT2D eigenvalue weighted by atomic mass is 35.5. The maximum absolute atomic E-state index is 12.6. The topological polar surface area (TPSA) is 57.9 Å². The summed E-state index contributed by atoms with van der Waals surface area (Å²) in [5.74, 6) is 0. The molecular formula is C16H17ClN4O2S2. The Morgan fingerprint density at radius 3 is 2.64 bits per heavy atom. The summed E-state index contributed by atoms with van der Waals surface area (Å²) in [4.78, 5) is 6.65. The van der Waals surface area contributed by atoms with Crippen LogP contribution in [0.4, 0.5) is 0 Å². The van der Waals surface area contributed by atoms with Gasteiger partial charge in [0.05, 0.1) is 16.2 Å². The first kappa shape index (κ1) is 17.0. The Kier molecular flexibility index (Phi) is 4.55. The lowest BCUT2D eigenvalue weighted by atomic mass is 10.3. The van der Waals surface area contributed by atoms with Crippen molar-refractivity contribution in [1.29, 1.82) is 0 Å². The van der Waals surface area contributed by atoms with Crippen molar-refractivity contribution in [2.45, 2.75) is 10.8 Å². The number of halogens is 1. The van der Waals surface area contributed by atoms with E-state index in [4.69, 9.17) is 11.6 Å². The number of thiophene rings is 1. The van der Waals surface area contributed by atoms with Crippen LogP contribution in [0, 0.1) is 0 Å². The van der Waals surface area contributed by atoms with Crippen LogP contribution in [-0.4, -0.2) is 53.2 Å². The van der Waals surface area contributed by atoms with E-state index >= 15 is 0 Å². The van der Waals surface area contributed by atoms with Crippen LogP contribution < -0.4 is 0 Å². The fourth-order valence-electron chi connectivity index (χ4n) is 3.02. The summed E-state index contributed by atoms with van der Waals surface area (Å²) < 4.78 is 29.7. The number of imidazole rings is 1. The minimum absolute atomic E-state index is 0.313. The highest BCUT2D eigenvalue weighted by molar-refractivity contribution is 7.91. The summed E-state index contributed by atoms with van der Waals surface area (Å²) in [6.45, 7) is 3.10. The summed E-state index contributed by atoms with van der Waals surface area (Å²) in [7, 11) is -3.44. The van der Waals surface area contributed by atoms with E-state index in [0.29, 0.717) is 34.7 Å². The third-order valence-electron chi connectivity index (χ3n) is 4.35. The molecule has 6 nitrogen and oxygen atoms in total. The number of aromatic nitrogens is 2. The quantitative estimate of drug-likeness (QED) is 0.680. The highest BCUT2D eigenvalue weighted by Crippen LogP contribution is 2.28. The molecule has 0 atom stereocenters. The second-order valence-corrected chi connectivity index (χ2v) is 9.80. The molecule has 4 heterocycles. The minimum Gasteiger partial charge on any atom is -0.303 e. The van der Waals surface area contributed by atoms with Gasteiger partial charge in [-0.05, 0) is 24.3 Å². The van der Waals surface area contributed by atoms with Gasteiger partial charge >= 0.3 is 0 Å². The molecule has 0 saturated carbocycles. The lowest BCUT2D eigenvalue weighted by Crippen LogP contribution is -2.48. The molecule has 132 valence electrons. The van der Waals surface area contributed by atoms with E-state index < -0.39 is 10.0 Å². The zero-order chi connectivity index (χ0) is 17.4. The number of piperazine rings is 1. The normalized spacial score (nSPS) is 17.3. The predicted octanol–water partition coefficient (Wildman–Crippen LogP) is 2.56. The van der Waals surface area contributed by atoms with Crippen molar-refractivity contribution in [2.24, 2.45) is 0 Å². The first-order valence-corrected chi connectivity index (χ1v) is 10.6. The molecular weight excluding hydrogens is 380 g/mol. The van der Waals surface area contributed by atoms with Crippen molar-refractivity contribution in [3.63, 3.8) is 0 Å². The van der Waals surface area contributed by atoms with Crippen LogP contribution in [0.15, 0.2) is 46.9 Å². The lowest BCUT2D eigenvalue weighted by molar-refractivity contribution is 0.180. The van der Waals surface area contributed by atoms with Crippen LogP contribution in [0.1, 0.15) is 5.69 Å². The van der Waals surface area contributed by atoms with Crippen molar-refractivity contribution in [2.75, 3.05) is 26.2 Å². The molecule has 0 spiro atoms. The monoisotopic (exact) mass is 396 g/mol. The number of rotatable bonds is 4. The first-order chi connectivity index (χ1) is 12.0. The van der Waals surface area contributed by atoms with E-state index in [1.807, 2.05) is 30.6 Å². The number of sulfonamides is 1. The molecule has 1 aliphatic heterocycles. The average Bonchev–Trinajstić information content (AvgIpc) is 3.23. The molecule has 0 aliphatic carbocycles. The van der Waals surface area contributed by atoms with Gasteiger partial charge in [0, 0.05) is 38.9 Å². The summed E-state index contributed by atoms with van der Waals surface area (Å²) in [6, 6.07) is 9.12. The minimum atomic E-state index is -3.44. The van der Waals surface area contributed by atoms with Gasteiger partial charge in [0.15, 0.2) is 0 Å². The fourth-order valence-corrected chi connectivity index (χ4v) is 6.08. The predicted molar refractivity (Wildman–Crippen MR) is 98.6 cm³/mol. The van der Waals surface area contributed by atoms with E-state index in [1.165, 1.54) is 0 Å². The SMILES string of the molecule is O=S(=O)(c1ccc(Cl)s1)N1CCN(Cc2cnc3ccccn23)CC1. The van der Waals surface area contributed by atoms with Gasteiger partial charge < -0.3 is 4.40 Å². The molecule has 3 aromatic rings. The van der Waals surface area contributed by atoms with Crippen LogP contribution in [0.3, 0.4) is 0 Å². The van der Waals surface area contributed by atoms with E-state index in [-0.39, 0.29) is 0 Å². The third-order valence-corrected chi connectivity index (χ3v) is 7.95. The molecule has 1 saturated heterocycles. The van der Waals surface area contributed by atoms with Crippen molar-refractivity contribution in [3.05, 3.63) is 52.8 Å². The van der Waals surface area contributed by atoms with Crippen LogP contribution in [0.25, 0.3) is 5.65 Å². The second-order valence-electron chi connectivity index (χ2n) is 5.92. The standard InChI is InChI=1S/C16H17ClN4O2S2/c17-14-4-5-16(24-14)25(22,23)20-9-7-19(8-10-20)12-13-11-18-15-3-1-2-6-21(13)15/h1-6,11H,7-10,12H2. The number of hydrogen-bond acceptors (Lipinski definition) is 5. The van der Waals surface area contributed by atoms with Gasteiger partial charge in [-0.1, -0.05) is 17.7 Å². The summed E-state index contributed by atoms with van der Waals surface area (Å²) in [5.41, 5.74) is 2.03. The summed E-state index contributed by atoms with van der Waals surface area (Å²) in [5, 5.41) is 0. The van der Waals surface area contributed by atoms with Gasteiger partial charge in [-0.2, -0.15) is 4.31 Å². The fraction of sp³-hybridized carbons (Fsp3) is 0.312. The molecule has 1 aliphatic rings. The Morgan fingerprint density at radius 2 is 1.92 bits per heavy atom. The number of pyridine rings is 1. The summed E-state index contributed by atoms with van der Waals surface area (Å²) in [6.07, 6.45) is 3.88. The molecule has 4 rings (SSSR count). The Labute approximate surface area is 155 Å². The Bertz CT molecular complexity index is 990. The maximum Gasteiger partial charge on any atom is 0.252 e. The molecule has 3 aromatic heterocycles. The Morgan fingerprint density at radius 1 is 1.12 bits per heavy atom.